The number of likely N-dealkylation sites (N-methyl/N-ethyl adjacent to an activating group) is 1. The molecule has 1 aromatic carbocycles. The highest BCUT2D eigenvalue weighted by atomic mass is 16.6. The fourth-order valence-electron chi connectivity index (χ4n) is 2.69. The number of fused-ring (bicyclic) bond motifs is 1. The number of ketones is 1. The summed E-state index contributed by atoms with van der Waals surface area (Å²) in [6.07, 6.45) is 0.747. The summed E-state index contributed by atoms with van der Waals surface area (Å²) in [7, 11) is 1.43. The predicted octanol–water partition coefficient (Wildman–Crippen LogP) is 1.62. The molecule has 1 N–H and O–H groups in total. The molecule has 8 nitrogen and oxygen atoms in total. The third-order valence-corrected chi connectivity index (χ3v) is 3.87. The maximum absolute atomic E-state index is 12.4. The van der Waals surface area contributed by atoms with Gasteiger partial charge in [0.1, 0.15) is 0 Å². The van der Waals surface area contributed by atoms with Gasteiger partial charge in [-0.15, -0.1) is 0 Å². The first-order valence-electron chi connectivity index (χ1n) is 6.71. The molecule has 118 valence electrons. The Labute approximate surface area is 130 Å². The van der Waals surface area contributed by atoms with Crippen LogP contribution in [0, 0.1) is 10.1 Å². The van der Waals surface area contributed by atoms with Crippen molar-refractivity contribution in [2.45, 2.75) is 12.0 Å². The van der Waals surface area contributed by atoms with Gasteiger partial charge in [-0.3, -0.25) is 19.7 Å². The van der Waals surface area contributed by atoms with E-state index in [9.17, 15) is 24.8 Å². The zero-order valence-electron chi connectivity index (χ0n) is 12.1. The molecule has 1 aromatic heterocycles. The van der Waals surface area contributed by atoms with Gasteiger partial charge in [0.05, 0.1) is 23.3 Å². The lowest BCUT2D eigenvalue weighted by molar-refractivity contribution is -0.385. The summed E-state index contributed by atoms with van der Waals surface area (Å²) < 4.78 is 4.97. The second kappa shape index (κ2) is 5.03. The Morgan fingerprint density at radius 2 is 2.17 bits per heavy atom. The molecular weight excluding hydrogens is 304 g/mol. The summed E-state index contributed by atoms with van der Waals surface area (Å²) >= 11 is 0. The van der Waals surface area contributed by atoms with Gasteiger partial charge in [-0.1, -0.05) is 0 Å². The Hall–Kier alpha value is -3.00. The molecule has 1 aliphatic rings. The fourth-order valence-corrected chi connectivity index (χ4v) is 2.69. The number of rotatable bonds is 4. The van der Waals surface area contributed by atoms with Crippen LogP contribution in [-0.4, -0.2) is 28.8 Å². The van der Waals surface area contributed by atoms with Crippen LogP contribution in [0.15, 0.2) is 41.0 Å². The number of nitrogens with zero attached hydrogens (tertiary/aromatic N) is 2. The van der Waals surface area contributed by atoms with Gasteiger partial charge in [0.15, 0.2) is 11.4 Å². The highest BCUT2D eigenvalue weighted by Crippen LogP contribution is 2.43. The lowest BCUT2D eigenvalue weighted by atomic mass is 9.89. The van der Waals surface area contributed by atoms with Crippen LogP contribution in [0.25, 0.3) is 0 Å². The largest absolute Gasteiger partial charge is 0.461 e. The molecule has 0 fully saturated rings. The Morgan fingerprint density at radius 1 is 1.43 bits per heavy atom. The van der Waals surface area contributed by atoms with Crippen LogP contribution >= 0.6 is 0 Å². The Balaban J connectivity index is 2.05. The van der Waals surface area contributed by atoms with Gasteiger partial charge >= 0.3 is 0 Å². The number of furan rings is 1. The van der Waals surface area contributed by atoms with Crippen LogP contribution in [0.5, 0.6) is 0 Å². The summed E-state index contributed by atoms with van der Waals surface area (Å²) in [5.41, 5.74) is -2.05. The molecule has 0 spiro atoms. The average molecular weight is 316 g/mol. The predicted molar refractivity (Wildman–Crippen MR) is 78.1 cm³/mol. The number of carbonyl (C=O) groups is 2. The molecule has 1 aliphatic heterocycles. The number of non-ortho nitro benzene ring substituents is 1. The number of nitro benzene ring substituents is 1. The van der Waals surface area contributed by atoms with Gasteiger partial charge < -0.3 is 14.4 Å². The van der Waals surface area contributed by atoms with Crippen molar-refractivity contribution in [1.29, 1.82) is 0 Å². The first-order chi connectivity index (χ1) is 10.8. The molecule has 3 rings (SSSR count). The molecule has 2 heterocycles. The minimum Gasteiger partial charge on any atom is -0.461 e. The molecule has 0 radical (unpaired) electrons. The number of anilines is 1. The number of Topliss-reactive ketones (excluding diaryl/α,β-unsaturated/α-hetero) is 1. The van der Waals surface area contributed by atoms with Crippen LogP contribution in [0.3, 0.4) is 0 Å². The smallest absolute Gasteiger partial charge is 0.269 e. The fraction of sp³-hybridized carbons (Fsp3) is 0.200. The van der Waals surface area contributed by atoms with E-state index in [1.165, 1.54) is 42.5 Å². The van der Waals surface area contributed by atoms with E-state index in [1.807, 2.05) is 0 Å². The van der Waals surface area contributed by atoms with Crippen molar-refractivity contribution in [3.63, 3.8) is 0 Å². The summed E-state index contributed by atoms with van der Waals surface area (Å²) in [6, 6.07) is 6.66. The third kappa shape index (κ3) is 2.20. The molecule has 1 unspecified atom stereocenters. The highest BCUT2D eigenvalue weighted by Gasteiger charge is 2.50. The number of benzene rings is 1. The SMILES string of the molecule is CN1C(=O)C(O)(CC(=O)c2ccco2)c2cc([N+](=O)[O-])ccc21. The van der Waals surface area contributed by atoms with E-state index < -0.39 is 28.6 Å². The third-order valence-electron chi connectivity index (χ3n) is 3.87. The van der Waals surface area contributed by atoms with E-state index in [0.29, 0.717) is 5.69 Å². The molecular formula is C15H12N2O6. The van der Waals surface area contributed by atoms with Gasteiger partial charge in [0, 0.05) is 24.7 Å². The van der Waals surface area contributed by atoms with E-state index in [2.05, 4.69) is 0 Å². The van der Waals surface area contributed by atoms with Crippen molar-refractivity contribution in [1.82, 2.24) is 0 Å². The molecule has 0 saturated heterocycles. The van der Waals surface area contributed by atoms with Gasteiger partial charge in [0.25, 0.3) is 11.6 Å². The molecule has 23 heavy (non-hydrogen) atoms. The molecule has 1 amide bonds. The Bertz CT molecular complexity index is 813. The van der Waals surface area contributed by atoms with E-state index >= 15 is 0 Å². The lowest BCUT2D eigenvalue weighted by Crippen LogP contribution is -2.40. The van der Waals surface area contributed by atoms with E-state index in [1.54, 1.807) is 0 Å². The number of amides is 1. The summed E-state index contributed by atoms with van der Waals surface area (Å²) in [5.74, 6) is -1.28. The normalized spacial score (nSPS) is 19.7. The maximum atomic E-state index is 12.4. The van der Waals surface area contributed by atoms with Gasteiger partial charge in [0.2, 0.25) is 5.78 Å². The Morgan fingerprint density at radius 3 is 2.78 bits per heavy atom. The van der Waals surface area contributed by atoms with Crippen molar-refractivity contribution < 1.29 is 24.0 Å². The molecule has 8 heteroatoms. The lowest BCUT2D eigenvalue weighted by Gasteiger charge is -2.20. The number of hydrogen-bond donors (Lipinski definition) is 1. The molecule has 1 atom stereocenters. The zero-order valence-corrected chi connectivity index (χ0v) is 12.1. The van der Waals surface area contributed by atoms with Crippen LogP contribution < -0.4 is 4.90 Å². The molecule has 0 saturated carbocycles. The highest BCUT2D eigenvalue weighted by molar-refractivity contribution is 6.10. The first kappa shape index (κ1) is 14.9. The van der Waals surface area contributed by atoms with Crippen LogP contribution in [0.2, 0.25) is 0 Å². The number of hydrogen-bond acceptors (Lipinski definition) is 6. The minimum atomic E-state index is -2.15. The van der Waals surface area contributed by atoms with Gasteiger partial charge in [-0.2, -0.15) is 0 Å². The van der Waals surface area contributed by atoms with E-state index in [0.717, 1.165) is 6.07 Å². The first-order valence-corrected chi connectivity index (χ1v) is 6.71. The standard InChI is InChI=1S/C15H12N2O6/c1-16-11-5-4-9(17(21)22)7-10(11)15(20,14(16)19)8-12(18)13-3-2-6-23-13/h2-7,20H,8H2,1H3. The van der Waals surface area contributed by atoms with Crippen molar-refractivity contribution in [3.05, 3.63) is 58.0 Å². The summed E-state index contributed by atoms with van der Waals surface area (Å²) in [6.45, 7) is 0. The second-order valence-corrected chi connectivity index (χ2v) is 5.26. The summed E-state index contributed by atoms with van der Waals surface area (Å²) in [4.78, 5) is 36.1. The quantitative estimate of drug-likeness (QED) is 0.521. The number of carbonyl (C=O) groups excluding carboxylic acids is 2. The van der Waals surface area contributed by atoms with Crippen molar-refractivity contribution in [2.24, 2.45) is 0 Å². The molecule has 0 bridgehead atoms. The van der Waals surface area contributed by atoms with E-state index in [-0.39, 0.29) is 17.0 Å². The maximum Gasteiger partial charge on any atom is 0.269 e. The number of nitro groups is 1. The monoisotopic (exact) mass is 316 g/mol. The van der Waals surface area contributed by atoms with Crippen LogP contribution in [0.4, 0.5) is 11.4 Å². The average Bonchev–Trinajstić information content (AvgIpc) is 3.11. The van der Waals surface area contributed by atoms with Gasteiger partial charge in [-0.05, 0) is 18.2 Å². The topological polar surface area (TPSA) is 114 Å². The molecule has 2 aromatic rings. The van der Waals surface area contributed by atoms with Crippen molar-refractivity contribution >= 4 is 23.1 Å². The van der Waals surface area contributed by atoms with E-state index in [4.69, 9.17) is 4.42 Å². The van der Waals surface area contributed by atoms with Crippen molar-refractivity contribution in [2.75, 3.05) is 11.9 Å². The zero-order chi connectivity index (χ0) is 16.8. The molecule has 0 aliphatic carbocycles. The summed E-state index contributed by atoms with van der Waals surface area (Å²) in [5, 5.41) is 21.7. The van der Waals surface area contributed by atoms with Crippen LogP contribution in [0.1, 0.15) is 22.5 Å². The number of aliphatic hydroxyl groups is 1. The Kier molecular flexibility index (Phi) is 3.26. The minimum absolute atomic E-state index is 0.00718. The van der Waals surface area contributed by atoms with Gasteiger partial charge in [-0.25, -0.2) is 0 Å². The van der Waals surface area contributed by atoms with Crippen molar-refractivity contribution in [3.8, 4) is 0 Å². The van der Waals surface area contributed by atoms with Crippen LogP contribution in [-0.2, 0) is 10.4 Å². The second-order valence-electron chi connectivity index (χ2n) is 5.26.